The minimum Gasteiger partial charge on any atom is -0.465 e. The Morgan fingerprint density at radius 3 is 2.95 bits per heavy atom. The van der Waals surface area contributed by atoms with Gasteiger partial charge in [-0.05, 0) is 42.7 Å². The van der Waals surface area contributed by atoms with Crippen molar-refractivity contribution in [2.24, 2.45) is 0 Å². The van der Waals surface area contributed by atoms with E-state index in [4.69, 9.17) is 0 Å². The number of nitrogens with zero attached hydrogens (tertiary/aromatic N) is 1. The van der Waals surface area contributed by atoms with Crippen molar-refractivity contribution in [1.82, 2.24) is 4.98 Å². The number of ether oxygens (including phenoxy) is 1. The smallest absolute Gasteiger partial charge is 0.339 e. The molecule has 0 N–H and O–H groups in total. The van der Waals surface area contributed by atoms with Gasteiger partial charge >= 0.3 is 5.97 Å². The van der Waals surface area contributed by atoms with E-state index in [1.54, 1.807) is 25.3 Å². The van der Waals surface area contributed by atoms with Gasteiger partial charge < -0.3 is 4.74 Å². The molecule has 4 heteroatoms. The average Bonchev–Trinajstić information content (AvgIpc) is 2.38. The number of pyridine rings is 1. The maximum atomic E-state index is 13.3. The molecule has 0 aromatic carbocycles. The van der Waals surface area contributed by atoms with E-state index in [0.717, 1.165) is 0 Å². The molecule has 0 atom stereocenters. The van der Waals surface area contributed by atoms with Crippen LogP contribution in [0.4, 0.5) is 4.39 Å². The maximum Gasteiger partial charge on any atom is 0.339 e. The number of esters is 1. The summed E-state index contributed by atoms with van der Waals surface area (Å²) < 4.78 is 18.0. The van der Waals surface area contributed by atoms with Gasteiger partial charge in [-0.25, -0.2) is 9.18 Å². The van der Waals surface area contributed by atoms with E-state index in [2.05, 4.69) is 16.3 Å². The lowest BCUT2D eigenvalue weighted by atomic mass is 10.0. The van der Waals surface area contributed by atoms with Gasteiger partial charge in [0.2, 0.25) is 0 Å². The Hall–Kier alpha value is -2.23. The number of rotatable bonds is 5. The number of hydrogen-bond acceptors (Lipinski definition) is 3. The highest BCUT2D eigenvalue weighted by Crippen LogP contribution is 2.15. The molecule has 0 fully saturated rings. The third-order valence-electron chi connectivity index (χ3n) is 2.40. The van der Waals surface area contributed by atoms with E-state index in [1.807, 2.05) is 0 Å². The molecule has 1 heterocycles. The first-order chi connectivity index (χ1) is 9.08. The number of carbonyl (C=O) groups is 1. The van der Waals surface area contributed by atoms with E-state index >= 15 is 0 Å². The van der Waals surface area contributed by atoms with Crippen molar-refractivity contribution in [2.45, 2.75) is 13.3 Å². The van der Waals surface area contributed by atoms with Crippen LogP contribution in [-0.2, 0) is 11.2 Å². The summed E-state index contributed by atoms with van der Waals surface area (Å²) >= 11 is 0. The van der Waals surface area contributed by atoms with E-state index in [1.165, 1.54) is 25.5 Å². The molecule has 0 aliphatic carbocycles. The molecule has 0 saturated heterocycles. The summed E-state index contributed by atoms with van der Waals surface area (Å²) in [5.74, 6) is -0.838. The normalized spacial score (nSPS) is 11.6. The minimum atomic E-state index is -0.464. The van der Waals surface area contributed by atoms with Crippen molar-refractivity contribution in [3.05, 3.63) is 65.8 Å². The molecule has 0 bridgehead atoms. The fourth-order valence-electron chi connectivity index (χ4n) is 1.57. The molecule has 0 spiro atoms. The van der Waals surface area contributed by atoms with Crippen LogP contribution in [0, 0.1) is 0 Å². The van der Waals surface area contributed by atoms with Gasteiger partial charge in [0.1, 0.15) is 5.83 Å². The van der Waals surface area contributed by atoms with E-state index in [0.29, 0.717) is 23.1 Å². The van der Waals surface area contributed by atoms with Gasteiger partial charge in [-0.3, -0.25) is 4.98 Å². The number of methoxy groups -OCH3 is 1. The molecule has 0 aliphatic heterocycles. The number of hydrogen-bond donors (Lipinski definition) is 0. The zero-order chi connectivity index (χ0) is 14.3. The zero-order valence-electron chi connectivity index (χ0n) is 11.0. The van der Waals surface area contributed by atoms with Crippen molar-refractivity contribution in [1.29, 1.82) is 0 Å². The van der Waals surface area contributed by atoms with Gasteiger partial charge in [0.25, 0.3) is 0 Å². The number of aromatic nitrogens is 1. The van der Waals surface area contributed by atoms with Crippen molar-refractivity contribution in [3.63, 3.8) is 0 Å². The predicted molar refractivity (Wildman–Crippen MR) is 72.4 cm³/mol. The van der Waals surface area contributed by atoms with E-state index in [9.17, 15) is 9.18 Å². The van der Waals surface area contributed by atoms with Crippen LogP contribution in [0.1, 0.15) is 22.8 Å². The van der Waals surface area contributed by atoms with Crippen LogP contribution in [0.15, 0.2) is 54.7 Å². The Labute approximate surface area is 112 Å². The second-order valence-corrected chi connectivity index (χ2v) is 3.89. The van der Waals surface area contributed by atoms with Crippen LogP contribution >= 0.6 is 0 Å². The van der Waals surface area contributed by atoms with Gasteiger partial charge in [0.15, 0.2) is 0 Å². The monoisotopic (exact) mass is 261 g/mol. The lowest BCUT2D eigenvalue weighted by molar-refractivity contribution is 0.0599. The van der Waals surface area contributed by atoms with E-state index in [-0.39, 0.29) is 5.83 Å². The molecular weight excluding hydrogens is 245 g/mol. The van der Waals surface area contributed by atoms with Gasteiger partial charge in [0, 0.05) is 12.4 Å². The number of carbonyl (C=O) groups excluding carboxylic acids is 1. The quantitative estimate of drug-likeness (QED) is 0.602. The van der Waals surface area contributed by atoms with Crippen LogP contribution in [0.3, 0.4) is 0 Å². The number of halogens is 1. The van der Waals surface area contributed by atoms with Crippen molar-refractivity contribution >= 4 is 5.97 Å². The van der Waals surface area contributed by atoms with Crippen LogP contribution in [0.5, 0.6) is 0 Å². The molecule has 0 aliphatic rings. The second kappa shape index (κ2) is 7.26. The molecule has 0 saturated carbocycles. The SMILES string of the molecule is C=C(/C=C(F)\C=C/C)Cc1ccncc1C(=O)OC. The third-order valence-corrected chi connectivity index (χ3v) is 2.40. The predicted octanol–water partition coefficient (Wildman–Crippen LogP) is 3.40. The van der Waals surface area contributed by atoms with E-state index < -0.39 is 5.97 Å². The maximum absolute atomic E-state index is 13.3. The Bertz CT molecular complexity index is 533. The summed E-state index contributed by atoms with van der Waals surface area (Å²) in [5, 5.41) is 0. The highest BCUT2D eigenvalue weighted by molar-refractivity contribution is 5.90. The van der Waals surface area contributed by atoms with Crippen LogP contribution in [-0.4, -0.2) is 18.1 Å². The standard InChI is InChI=1S/C15H16FNO2/c1-4-5-13(16)9-11(2)8-12-6-7-17-10-14(12)15(18)19-3/h4-7,9-10H,2,8H2,1,3H3/b5-4-,13-9+. The molecule has 1 aromatic rings. The molecule has 1 rings (SSSR count). The van der Waals surface area contributed by atoms with Gasteiger partial charge in [0.05, 0.1) is 12.7 Å². The lowest BCUT2D eigenvalue weighted by Crippen LogP contribution is -2.06. The summed E-state index contributed by atoms with van der Waals surface area (Å²) in [6.45, 7) is 5.51. The van der Waals surface area contributed by atoms with Crippen LogP contribution in [0.2, 0.25) is 0 Å². The first kappa shape index (κ1) is 14.8. The Morgan fingerprint density at radius 2 is 2.32 bits per heavy atom. The summed E-state index contributed by atoms with van der Waals surface area (Å²) in [6, 6.07) is 1.69. The molecule has 19 heavy (non-hydrogen) atoms. The minimum absolute atomic E-state index is 0.359. The highest BCUT2D eigenvalue weighted by Gasteiger charge is 2.11. The van der Waals surface area contributed by atoms with Crippen LogP contribution in [0.25, 0.3) is 0 Å². The Morgan fingerprint density at radius 1 is 1.58 bits per heavy atom. The Kier molecular flexibility index (Phi) is 5.67. The summed E-state index contributed by atoms with van der Waals surface area (Å²) in [7, 11) is 1.31. The largest absolute Gasteiger partial charge is 0.465 e. The van der Waals surface area contributed by atoms with Crippen LogP contribution < -0.4 is 0 Å². The first-order valence-electron chi connectivity index (χ1n) is 5.77. The highest BCUT2D eigenvalue weighted by atomic mass is 19.1. The first-order valence-corrected chi connectivity index (χ1v) is 5.77. The summed E-state index contributed by atoms with van der Waals surface area (Å²) in [5.41, 5.74) is 1.63. The fraction of sp³-hybridized carbons (Fsp3) is 0.200. The molecule has 100 valence electrons. The topological polar surface area (TPSA) is 39.2 Å². The summed E-state index contributed by atoms with van der Waals surface area (Å²) in [6.07, 6.45) is 7.64. The number of allylic oxidation sites excluding steroid dienone is 5. The molecule has 3 nitrogen and oxygen atoms in total. The fourth-order valence-corrected chi connectivity index (χ4v) is 1.57. The van der Waals surface area contributed by atoms with Crippen molar-refractivity contribution in [2.75, 3.05) is 7.11 Å². The molecule has 0 amide bonds. The van der Waals surface area contributed by atoms with Gasteiger partial charge in [-0.1, -0.05) is 12.7 Å². The zero-order valence-corrected chi connectivity index (χ0v) is 11.0. The van der Waals surface area contributed by atoms with Crippen molar-refractivity contribution < 1.29 is 13.9 Å². The Balaban J connectivity index is 2.91. The molecule has 0 unspecified atom stereocenters. The van der Waals surface area contributed by atoms with Crippen molar-refractivity contribution in [3.8, 4) is 0 Å². The molecule has 1 aromatic heterocycles. The molecular formula is C15H16FNO2. The summed E-state index contributed by atoms with van der Waals surface area (Å²) in [4.78, 5) is 15.4. The van der Waals surface area contributed by atoms with Gasteiger partial charge in [-0.2, -0.15) is 0 Å². The molecule has 0 radical (unpaired) electrons. The average molecular weight is 261 g/mol. The third kappa shape index (κ3) is 4.50. The van der Waals surface area contributed by atoms with Gasteiger partial charge in [-0.15, -0.1) is 0 Å². The lowest BCUT2D eigenvalue weighted by Gasteiger charge is -2.07. The second-order valence-electron chi connectivity index (χ2n) is 3.89.